The van der Waals surface area contributed by atoms with Crippen molar-refractivity contribution >= 4 is 11.6 Å². The Bertz CT molecular complexity index is 667. The zero-order valence-electron chi connectivity index (χ0n) is 11.1. The number of fused-ring (bicyclic) bond motifs is 1. The fourth-order valence-corrected chi connectivity index (χ4v) is 2.56. The summed E-state index contributed by atoms with van der Waals surface area (Å²) in [7, 11) is 1.51. The predicted octanol–water partition coefficient (Wildman–Crippen LogP) is 2.68. The van der Waals surface area contributed by atoms with Crippen molar-refractivity contribution in [2.75, 3.05) is 12.4 Å². The molecule has 0 bridgehead atoms. The number of methoxy groups -OCH3 is 1. The number of carbonyl (C=O) groups excluding carboxylic acids is 1. The lowest BCUT2D eigenvalue weighted by Crippen LogP contribution is -2.14. The molecule has 3 rings (SSSR count). The van der Waals surface area contributed by atoms with Gasteiger partial charge in [-0.15, -0.1) is 0 Å². The number of amides is 1. The van der Waals surface area contributed by atoms with Crippen LogP contribution in [0.4, 0.5) is 5.69 Å². The maximum absolute atomic E-state index is 12.1. The summed E-state index contributed by atoms with van der Waals surface area (Å²) >= 11 is 0. The maximum atomic E-state index is 12.1. The number of rotatable bonds is 3. The number of nitrogens with one attached hydrogen (secondary N) is 1. The molecule has 0 aromatic heterocycles. The molecule has 2 aromatic carbocycles. The molecule has 4 heteroatoms. The third-order valence-electron chi connectivity index (χ3n) is 3.59. The summed E-state index contributed by atoms with van der Waals surface area (Å²) in [6.07, 6.45) is 0.583. The van der Waals surface area contributed by atoms with Gasteiger partial charge in [-0.1, -0.05) is 24.3 Å². The van der Waals surface area contributed by atoms with E-state index in [1.807, 2.05) is 30.3 Å². The first-order valence-electron chi connectivity index (χ1n) is 6.44. The van der Waals surface area contributed by atoms with Crippen molar-refractivity contribution in [2.24, 2.45) is 0 Å². The average Bonchev–Trinajstić information content (AvgIpc) is 2.77. The summed E-state index contributed by atoms with van der Waals surface area (Å²) in [5.74, 6) is 0.348. The predicted molar refractivity (Wildman–Crippen MR) is 76.2 cm³/mol. The number of hydrogen-bond donors (Lipinski definition) is 2. The van der Waals surface area contributed by atoms with Crippen LogP contribution in [0.3, 0.4) is 0 Å². The summed E-state index contributed by atoms with van der Waals surface area (Å²) in [5.41, 5.74) is 2.86. The zero-order chi connectivity index (χ0) is 14.1. The Morgan fingerprint density at radius 1 is 1.25 bits per heavy atom. The second-order valence-corrected chi connectivity index (χ2v) is 4.84. The largest absolute Gasteiger partial charge is 0.504 e. The van der Waals surface area contributed by atoms with E-state index in [1.54, 1.807) is 12.1 Å². The molecule has 0 saturated carbocycles. The van der Waals surface area contributed by atoms with Crippen LogP contribution >= 0.6 is 0 Å². The molecule has 0 spiro atoms. The first-order valence-corrected chi connectivity index (χ1v) is 6.44. The second-order valence-electron chi connectivity index (χ2n) is 4.84. The van der Waals surface area contributed by atoms with Gasteiger partial charge in [0.2, 0.25) is 5.91 Å². The Balaban J connectivity index is 1.90. The number of aromatic hydroxyl groups is 1. The molecule has 4 nitrogen and oxygen atoms in total. The van der Waals surface area contributed by atoms with Crippen LogP contribution in [0, 0.1) is 0 Å². The van der Waals surface area contributed by atoms with Gasteiger partial charge in [0.1, 0.15) is 0 Å². The van der Waals surface area contributed by atoms with E-state index in [9.17, 15) is 9.90 Å². The molecule has 0 saturated heterocycles. The number of ether oxygens (including phenoxy) is 1. The molecule has 1 atom stereocenters. The van der Waals surface area contributed by atoms with E-state index >= 15 is 0 Å². The van der Waals surface area contributed by atoms with E-state index in [2.05, 4.69) is 5.32 Å². The fourth-order valence-electron chi connectivity index (χ4n) is 2.56. The Kier molecular flexibility index (Phi) is 3.06. The first-order chi connectivity index (χ1) is 9.69. The first kappa shape index (κ1) is 12.5. The molecule has 20 heavy (non-hydrogen) atoms. The lowest BCUT2D eigenvalue weighted by atomic mass is 9.93. The van der Waals surface area contributed by atoms with E-state index < -0.39 is 0 Å². The normalized spacial score (nSPS) is 16.6. The molecule has 2 N–H and O–H groups in total. The molecule has 1 aliphatic rings. The number of para-hydroxylation sites is 1. The summed E-state index contributed by atoms with van der Waals surface area (Å²) in [4.78, 5) is 12.1. The van der Waals surface area contributed by atoms with Crippen molar-refractivity contribution in [3.05, 3.63) is 53.6 Å². The highest BCUT2D eigenvalue weighted by molar-refractivity contribution is 6.03. The van der Waals surface area contributed by atoms with Gasteiger partial charge in [-0.2, -0.15) is 0 Å². The summed E-state index contributed by atoms with van der Waals surface area (Å²) in [6, 6.07) is 12.9. The molecule has 1 amide bonds. The van der Waals surface area contributed by atoms with Gasteiger partial charge in [-0.25, -0.2) is 0 Å². The van der Waals surface area contributed by atoms with Crippen LogP contribution in [0.5, 0.6) is 11.5 Å². The Hall–Kier alpha value is -2.49. The molecule has 0 fully saturated rings. The number of anilines is 1. The van der Waals surface area contributed by atoms with E-state index in [0.717, 1.165) is 16.8 Å². The Labute approximate surface area is 117 Å². The minimum Gasteiger partial charge on any atom is -0.504 e. The van der Waals surface area contributed by atoms with E-state index in [1.165, 1.54) is 7.11 Å². The van der Waals surface area contributed by atoms with Gasteiger partial charge in [0.15, 0.2) is 11.5 Å². The van der Waals surface area contributed by atoms with Crippen LogP contribution in [-0.4, -0.2) is 18.1 Å². The third kappa shape index (κ3) is 2.09. The van der Waals surface area contributed by atoms with Crippen LogP contribution in [0.2, 0.25) is 0 Å². The van der Waals surface area contributed by atoms with Crippen LogP contribution < -0.4 is 10.1 Å². The number of phenolic OH excluding ortho intramolecular Hbond substituents is 1. The van der Waals surface area contributed by atoms with Crippen LogP contribution in [0.25, 0.3) is 0 Å². The molecule has 0 unspecified atom stereocenters. The number of hydrogen-bond acceptors (Lipinski definition) is 3. The highest BCUT2D eigenvalue weighted by Crippen LogP contribution is 2.36. The number of benzene rings is 2. The minimum absolute atomic E-state index is 0.0123. The van der Waals surface area contributed by atoms with Gasteiger partial charge >= 0.3 is 0 Å². The highest BCUT2D eigenvalue weighted by atomic mass is 16.5. The second kappa shape index (κ2) is 4.89. The van der Waals surface area contributed by atoms with E-state index in [0.29, 0.717) is 12.2 Å². The van der Waals surface area contributed by atoms with Crippen LogP contribution in [-0.2, 0) is 11.2 Å². The highest BCUT2D eigenvalue weighted by Gasteiger charge is 2.30. The molecular weight excluding hydrogens is 254 g/mol. The van der Waals surface area contributed by atoms with Crippen molar-refractivity contribution in [2.45, 2.75) is 12.3 Å². The lowest BCUT2D eigenvalue weighted by Gasteiger charge is -2.11. The summed E-state index contributed by atoms with van der Waals surface area (Å²) in [6.45, 7) is 0. The molecular formula is C16H15NO3. The Morgan fingerprint density at radius 2 is 2.05 bits per heavy atom. The Morgan fingerprint density at radius 3 is 2.85 bits per heavy atom. The molecule has 1 aliphatic heterocycles. The molecule has 2 aromatic rings. The van der Waals surface area contributed by atoms with Gasteiger partial charge in [-0.05, 0) is 35.7 Å². The molecule has 0 radical (unpaired) electrons. The van der Waals surface area contributed by atoms with E-state index in [-0.39, 0.29) is 17.6 Å². The monoisotopic (exact) mass is 269 g/mol. The van der Waals surface area contributed by atoms with Crippen molar-refractivity contribution in [3.63, 3.8) is 0 Å². The molecule has 1 heterocycles. The third-order valence-corrected chi connectivity index (χ3v) is 3.59. The van der Waals surface area contributed by atoms with Crippen LogP contribution in [0.1, 0.15) is 17.0 Å². The van der Waals surface area contributed by atoms with E-state index in [4.69, 9.17) is 4.74 Å². The summed E-state index contributed by atoms with van der Waals surface area (Å²) in [5, 5.41) is 12.5. The smallest absolute Gasteiger partial charge is 0.232 e. The summed E-state index contributed by atoms with van der Waals surface area (Å²) < 4.78 is 5.10. The maximum Gasteiger partial charge on any atom is 0.232 e. The SMILES string of the molecule is COc1cc(C[C@H]2C(=O)Nc3ccccc32)ccc1O. The lowest BCUT2D eigenvalue weighted by molar-refractivity contribution is -0.117. The minimum atomic E-state index is -0.194. The van der Waals surface area contributed by atoms with Crippen molar-refractivity contribution in [1.82, 2.24) is 0 Å². The molecule has 0 aliphatic carbocycles. The van der Waals surface area contributed by atoms with Gasteiger partial charge in [-0.3, -0.25) is 4.79 Å². The van der Waals surface area contributed by atoms with Crippen molar-refractivity contribution in [1.29, 1.82) is 0 Å². The topological polar surface area (TPSA) is 58.6 Å². The van der Waals surface area contributed by atoms with Crippen LogP contribution in [0.15, 0.2) is 42.5 Å². The fraction of sp³-hybridized carbons (Fsp3) is 0.188. The van der Waals surface area contributed by atoms with Crippen molar-refractivity contribution < 1.29 is 14.6 Å². The number of phenols is 1. The quantitative estimate of drug-likeness (QED) is 0.900. The standard InChI is InChI=1S/C16H15NO3/c1-20-15-9-10(6-7-14(15)18)8-12-11-4-2-3-5-13(11)17-16(12)19/h2-7,9,12,18H,8H2,1H3,(H,17,19)/t12-/m1/s1. The number of carbonyl (C=O) groups is 1. The van der Waals surface area contributed by atoms with Gasteiger partial charge < -0.3 is 15.2 Å². The van der Waals surface area contributed by atoms with Crippen molar-refractivity contribution in [3.8, 4) is 11.5 Å². The zero-order valence-corrected chi connectivity index (χ0v) is 11.1. The average molecular weight is 269 g/mol. The van der Waals surface area contributed by atoms with Gasteiger partial charge in [0, 0.05) is 5.69 Å². The molecule has 102 valence electrons. The van der Waals surface area contributed by atoms with Gasteiger partial charge in [0.05, 0.1) is 13.0 Å². The van der Waals surface area contributed by atoms with Gasteiger partial charge in [0.25, 0.3) is 0 Å².